The van der Waals surface area contributed by atoms with Crippen molar-refractivity contribution in [3.05, 3.63) is 82.8 Å². The average Bonchev–Trinajstić information content (AvgIpc) is 2.82. The maximum atomic E-state index is 12.1. The molecule has 0 heterocycles. The Balaban J connectivity index is 1.33. The Labute approximate surface area is 212 Å². The van der Waals surface area contributed by atoms with Crippen LogP contribution >= 0.6 is 35.0 Å². The van der Waals surface area contributed by atoms with Crippen LogP contribution in [0.25, 0.3) is 0 Å². The van der Waals surface area contributed by atoms with E-state index < -0.39 is 18.5 Å². The van der Waals surface area contributed by atoms with Crippen LogP contribution in [0.1, 0.15) is 19.3 Å². The molecule has 3 aromatic carbocycles. The molecular formula is C25H22Cl2N2O4S. The SMILES string of the molecule is O=C(CCCC(=O)OCC(=O)Nc1ccccc1Cl)Nc1ccc(Sc2ccc(Cl)cc2)cc1. The van der Waals surface area contributed by atoms with Crippen molar-refractivity contribution in [3.8, 4) is 0 Å². The van der Waals surface area contributed by atoms with Gasteiger partial charge < -0.3 is 15.4 Å². The smallest absolute Gasteiger partial charge is 0.306 e. The second-order valence-corrected chi connectivity index (χ2v) is 9.16. The number of carbonyl (C=O) groups is 3. The molecule has 0 unspecified atom stereocenters. The lowest BCUT2D eigenvalue weighted by Gasteiger charge is -2.08. The fourth-order valence-corrected chi connectivity index (χ4v) is 3.95. The van der Waals surface area contributed by atoms with Crippen LogP contribution in [0.3, 0.4) is 0 Å². The Morgan fingerprint density at radius 2 is 1.41 bits per heavy atom. The average molecular weight is 517 g/mol. The van der Waals surface area contributed by atoms with E-state index in [2.05, 4.69) is 10.6 Å². The summed E-state index contributed by atoms with van der Waals surface area (Å²) in [5.74, 6) is -1.25. The van der Waals surface area contributed by atoms with Crippen LogP contribution in [0.15, 0.2) is 82.6 Å². The third-order valence-electron chi connectivity index (χ3n) is 4.48. The van der Waals surface area contributed by atoms with Crippen molar-refractivity contribution < 1.29 is 19.1 Å². The topological polar surface area (TPSA) is 84.5 Å². The first-order valence-electron chi connectivity index (χ1n) is 10.4. The van der Waals surface area contributed by atoms with Gasteiger partial charge in [-0.05, 0) is 67.1 Å². The van der Waals surface area contributed by atoms with E-state index in [0.717, 1.165) is 9.79 Å². The summed E-state index contributed by atoms with van der Waals surface area (Å²) in [6.07, 6.45) is 0.493. The van der Waals surface area contributed by atoms with Crippen molar-refractivity contribution in [1.82, 2.24) is 0 Å². The van der Waals surface area contributed by atoms with Crippen LogP contribution in [0.2, 0.25) is 10.0 Å². The molecule has 0 spiro atoms. The van der Waals surface area contributed by atoms with Gasteiger partial charge in [0.2, 0.25) is 5.91 Å². The number of hydrogen-bond acceptors (Lipinski definition) is 5. The number of para-hydroxylation sites is 1. The highest BCUT2D eigenvalue weighted by Gasteiger charge is 2.11. The molecule has 0 saturated heterocycles. The quantitative estimate of drug-likeness (QED) is 0.303. The number of esters is 1. The van der Waals surface area contributed by atoms with E-state index in [9.17, 15) is 14.4 Å². The third kappa shape index (κ3) is 8.74. The van der Waals surface area contributed by atoms with Gasteiger partial charge in [0.15, 0.2) is 6.61 Å². The van der Waals surface area contributed by atoms with Crippen LogP contribution in [0.4, 0.5) is 11.4 Å². The number of carbonyl (C=O) groups excluding carboxylic acids is 3. The number of rotatable bonds is 10. The van der Waals surface area contributed by atoms with Crippen LogP contribution in [0.5, 0.6) is 0 Å². The number of benzene rings is 3. The van der Waals surface area contributed by atoms with Gasteiger partial charge in [-0.1, -0.05) is 47.1 Å². The number of nitrogens with one attached hydrogen (secondary N) is 2. The second-order valence-electron chi connectivity index (χ2n) is 7.17. The number of ether oxygens (including phenoxy) is 1. The largest absolute Gasteiger partial charge is 0.456 e. The van der Waals surface area contributed by atoms with E-state index in [1.165, 1.54) is 0 Å². The highest BCUT2D eigenvalue weighted by atomic mass is 35.5. The molecule has 176 valence electrons. The van der Waals surface area contributed by atoms with Crippen LogP contribution < -0.4 is 10.6 Å². The molecule has 2 N–H and O–H groups in total. The van der Waals surface area contributed by atoms with Crippen LogP contribution in [-0.2, 0) is 19.1 Å². The first kappa shape index (κ1) is 25.6. The van der Waals surface area contributed by atoms with Crippen molar-refractivity contribution in [3.63, 3.8) is 0 Å². The van der Waals surface area contributed by atoms with Crippen molar-refractivity contribution in [2.24, 2.45) is 0 Å². The molecule has 34 heavy (non-hydrogen) atoms. The second kappa shape index (κ2) is 13.0. The predicted molar refractivity (Wildman–Crippen MR) is 136 cm³/mol. The minimum atomic E-state index is -0.550. The molecule has 0 aliphatic heterocycles. The molecule has 0 atom stereocenters. The molecule has 3 rings (SSSR count). The number of hydrogen-bond donors (Lipinski definition) is 2. The number of halogens is 2. The van der Waals surface area contributed by atoms with E-state index in [0.29, 0.717) is 27.8 Å². The molecule has 0 aliphatic carbocycles. The fourth-order valence-electron chi connectivity index (χ4n) is 2.83. The van der Waals surface area contributed by atoms with Gasteiger partial charge in [-0.2, -0.15) is 0 Å². The summed E-state index contributed by atoms with van der Waals surface area (Å²) in [5.41, 5.74) is 1.11. The van der Waals surface area contributed by atoms with E-state index >= 15 is 0 Å². The van der Waals surface area contributed by atoms with Gasteiger partial charge in [0.1, 0.15) is 0 Å². The summed E-state index contributed by atoms with van der Waals surface area (Å²) in [6.45, 7) is -0.420. The lowest BCUT2D eigenvalue weighted by Crippen LogP contribution is -2.21. The normalized spacial score (nSPS) is 10.4. The van der Waals surface area contributed by atoms with Crippen molar-refractivity contribution in [2.75, 3.05) is 17.2 Å². The summed E-state index contributed by atoms with van der Waals surface area (Å²) in [6, 6.07) is 21.8. The molecule has 3 aromatic rings. The third-order valence-corrected chi connectivity index (χ3v) is 6.08. The molecule has 6 nitrogen and oxygen atoms in total. The highest BCUT2D eigenvalue weighted by molar-refractivity contribution is 7.99. The number of amides is 2. The first-order chi connectivity index (χ1) is 16.4. The van der Waals surface area contributed by atoms with E-state index in [4.69, 9.17) is 27.9 Å². The zero-order valence-electron chi connectivity index (χ0n) is 18.1. The molecule has 0 aromatic heterocycles. The molecular weight excluding hydrogens is 495 g/mol. The highest BCUT2D eigenvalue weighted by Crippen LogP contribution is 2.29. The van der Waals surface area contributed by atoms with E-state index in [-0.39, 0.29) is 18.7 Å². The monoisotopic (exact) mass is 516 g/mol. The lowest BCUT2D eigenvalue weighted by atomic mass is 10.2. The summed E-state index contributed by atoms with van der Waals surface area (Å²) < 4.78 is 4.95. The Kier molecular flexibility index (Phi) is 9.82. The summed E-state index contributed by atoms with van der Waals surface area (Å²) in [7, 11) is 0. The van der Waals surface area contributed by atoms with Crippen molar-refractivity contribution in [2.45, 2.75) is 29.1 Å². The Morgan fingerprint density at radius 1 is 0.765 bits per heavy atom. The zero-order valence-corrected chi connectivity index (χ0v) is 20.4. The van der Waals surface area contributed by atoms with Gasteiger partial charge in [-0.3, -0.25) is 14.4 Å². The summed E-state index contributed by atoms with van der Waals surface area (Å²) in [4.78, 5) is 38.0. The van der Waals surface area contributed by atoms with Gasteiger partial charge >= 0.3 is 5.97 Å². The minimum Gasteiger partial charge on any atom is -0.456 e. The van der Waals surface area contributed by atoms with Crippen LogP contribution in [0, 0.1) is 0 Å². The maximum absolute atomic E-state index is 12.1. The van der Waals surface area contributed by atoms with E-state index in [1.54, 1.807) is 36.0 Å². The summed E-state index contributed by atoms with van der Waals surface area (Å²) >= 11 is 13.5. The van der Waals surface area contributed by atoms with E-state index in [1.807, 2.05) is 48.5 Å². The zero-order chi connectivity index (χ0) is 24.3. The lowest BCUT2D eigenvalue weighted by molar-refractivity contribution is -0.147. The standard InChI is InChI=1S/C25H22Cl2N2O4S/c26-17-8-12-19(13-9-17)34-20-14-10-18(11-15-20)28-23(30)6-3-7-25(32)33-16-24(31)29-22-5-2-1-4-21(22)27/h1-2,4-5,8-15H,3,6-7,16H2,(H,28,30)(H,29,31). The minimum absolute atomic E-state index is 0.0312. The van der Waals surface area contributed by atoms with Crippen LogP contribution in [-0.4, -0.2) is 24.4 Å². The Bertz CT molecular complexity index is 1140. The number of anilines is 2. The molecule has 0 bridgehead atoms. The van der Waals surface area contributed by atoms with Gasteiger partial charge in [-0.15, -0.1) is 0 Å². The fraction of sp³-hybridized carbons (Fsp3) is 0.160. The van der Waals surface area contributed by atoms with Gasteiger partial charge in [0, 0.05) is 33.3 Å². The molecule has 0 fully saturated rings. The maximum Gasteiger partial charge on any atom is 0.306 e. The van der Waals surface area contributed by atoms with Gasteiger partial charge in [-0.25, -0.2) is 0 Å². The molecule has 2 amide bonds. The molecule has 9 heteroatoms. The summed E-state index contributed by atoms with van der Waals surface area (Å²) in [5, 5.41) is 6.45. The first-order valence-corrected chi connectivity index (χ1v) is 12.0. The van der Waals surface area contributed by atoms with Crippen molar-refractivity contribution >= 4 is 64.1 Å². The van der Waals surface area contributed by atoms with Crippen molar-refractivity contribution in [1.29, 1.82) is 0 Å². The van der Waals surface area contributed by atoms with Gasteiger partial charge in [0.25, 0.3) is 5.91 Å². The molecule has 0 radical (unpaired) electrons. The molecule has 0 aliphatic rings. The molecule has 0 saturated carbocycles. The van der Waals surface area contributed by atoms with Gasteiger partial charge in [0.05, 0.1) is 10.7 Å². The Morgan fingerprint density at radius 3 is 2.09 bits per heavy atom. The predicted octanol–water partition coefficient (Wildman–Crippen LogP) is 6.44. The Hall–Kier alpha value is -3.00.